The number of benzene rings is 1. The monoisotopic (exact) mass is 310 g/mol. The van der Waals surface area contributed by atoms with Crippen LogP contribution in [-0.2, 0) is 0 Å². The van der Waals surface area contributed by atoms with Crippen molar-refractivity contribution in [1.29, 1.82) is 0 Å². The average molecular weight is 311 g/mol. The second kappa shape index (κ2) is 10.9. The SMILES string of the molecule is CCCNC(CSCCN(C)C)c1ccccc1OCC. The van der Waals surface area contributed by atoms with E-state index >= 15 is 0 Å². The van der Waals surface area contributed by atoms with Gasteiger partial charge < -0.3 is 15.0 Å². The Morgan fingerprint density at radius 3 is 2.67 bits per heavy atom. The second-order valence-electron chi connectivity index (χ2n) is 5.36. The molecule has 120 valence electrons. The summed E-state index contributed by atoms with van der Waals surface area (Å²) in [7, 11) is 4.25. The van der Waals surface area contributed by atoms with Gasteiger partial charge in [-0.25, -0.2) is 0 Å². The third-order valence-corrected chi connectivity index (χ3v) is 4.24. The Labute approximate surface area is 134 Å². The Balaban J connectivity index is 2.67. The molecule has 0 aliphatic rings. The summed E-state index contributed by atoms with van der Waals surface area (Å²) in [5.41, 5.74) is 1.28. The maximum absolute atomic E-state index is 5.78. The van der Waals surface area contributed by atoms with Crippen LogP contribution in [-0.4, -0.2) is 50.2 Å². The van der Waals surface area contributed by atoms with Crippen LogP contribution >= 0.6 is 11.8 Å². The molecule has 1 N–H and O–H groups in total. The Hall–Kier alpha value is -0.710. The van der Waals surface area contributed by atoms with Gasteiger partial charge in [0.2, 0.25) is 0 Å². The predicted octanol–water partition coefficient (Wildman–Crippen LogP) is 3.42. The highest BCUT2D eigenvalue weighted by Gasteiger charge is 2.15. The highest BCUT2D eigenvalue weighted by atomic mass is 32.2. The lowest BCUT2D eigenvalue weighted by Crippen LogP contribution is -2.25. The van der Waals surface area contributed by atoms with E-state index in [-0.39, 0.29) is 0 Å². The minimum Gasteiger partial charge on any atom is -0.494 e. The predicted molar refractivity (Wildman–Crippen MR) is 94.5 cm³/mol. The zero-order chi connectivity index (χ0) is 15.5. The third-order valence-electron chi connectivity index (χ3n) is 3.20. The van der Waals surface area contributed by atoms with Gasteiger partial charge in [0.15, 0.2) is 0 Å². The Morgan fingerprint density at radius 1 is 1.24 bits per heavy atom. The highest BCUT2D eigenvalue weighted by Crippen LogP contribution is 2.27. The molecule has 1 atom stereocenters. The molecule has 0 aromatic heterocycles. The fourth-order valence-corrected chi connectivity index (χ4v) is 3.27. The van der Waals surface area contributed by atoms with Gasteiger partial charge in [0.1, 0.15) is 5.75 Å². The lowest BCUT2D eigenvalue weighted by atomic mass is 10.1. The fraction of sp³-hybridized carbons (Fsp3) is 0.647. The van der Waals surface area contributed by atoms with Crippen LogP contribution in [0.1, 0.15) is 31.9 Å². The Morgan fingerprint density at radius 2 is 2.00 bits per heavy atom. The quantitative estimate of drug-likeness (QED) is 0.633. The van der Waals surface area contributed by atoms with Crippen molar-refractivity contribution in [2.24, 2.45) is 0 Å². The summed E-state index contributed by atoms with van der Waals surface area (Å²) < 4.78 is 5.78. The number of hydrogen-bond donors (Lipinski definition) is 1. The number of para-hydroxylation sites is 1. The Kier molecular flexibility index (Phi) is 9.55. The molecule has 1 rings (SSSR count). The first-order valence-corrected chi connectivity index (χ1v) is 9.02. The van der Waals surface area contributed by atoms with Crippen LogP contribution in [0.2, 0.25) is 0 Å². The summed E-state index contributed by atoms with van der Waals surface area (Å²) in [5.74, 6) is 3.26. The maximum Gasteiger partial charge on any atom is 0.124 e. The average Bonchev–Trinajstić information content (AvgIpc) is 2.47. The molecular formula is C17H30N2OS. The zero-order valence-corrected chi connectivity index (χ0v) is 14.7. The highest BCUT2D eigenvalue weighted by molar-refractivity contribution is 7.99. The van der Waals surface area contributed by atoms with Gasteiger partial charge in [-0.3, -0.25) is 0 Å². The third kappa shape index (κ3) is 7.21. The number of nitrogens with one attached hydrogen (secondary N) is 1. The standard InChI is InChI=1S/C17H30N2OS/c1-5-11-18-16(14-21-13-12-19(3)4)15-9-7-8-10-17(15)20-6-2/h7-10,16,18H,5-6,11-14H2,1-4H3. The van der Waals surface area contributed by atoms with Crippen LogP contribution in [0.25, 0.3) is 0 Å². The molecule has 0 fully saturated rings. The van der Waals surface area contributed by atoms with Crippen LogP contribution in [0.5, 0.6) is 5.75 Å². The first-order chi connectivity index (χ1) is 10.2. The van der Waals surface area contributed by atoms with Gasteiger partial charge in [0, 0.05) is 29.7 Å². The molecule has 21 heavy (non-hydrogen) atoms. The van der Waals surface area contributed by atoms with Crippen molar-refractivity contribution >= 4 is 11.8 Å². The number of ether oxygens (including phenoxy) is 1. The van der Waals surface area contributed by atoms with E-state index < -0.39 is 0 Å². The molecule has 0 aliphatic carbocycles. The maximum atomic E-state index is 5.78. The van der Waals surface area contributed by atoms with Gasteiger partial charge in [0.25, 0.3) is 0 Å². The van der Waals surface area contributed by atoms with E-state index in [1.54, 1.807) is 0 Å². The second-order valence-corrected chi connectivity index (χ2v) is 6.51. The van der Waals surface area contributed by atoms with Gasteiger partial charge in [-0.2, -0.15) is 11.8 Å². The first kappa shape index (κ1) is 18.3. The fourth-order valence-electron chi connectivity index (χ4n) is 2.08. The number of rotatable bonds is 11. The Bertz CT molecular complexity index is 385. The van der Waals surface area contributed by atoms with Gasteiger partial charge >= 0.3 is 0 Å². The van der Waals surface area contributed by atoms with E-state index in [1.165, 1.54) is 5.56 Å². The van der Waals surface area contributed by atoms with E-state index in [4.69, 9.17) is 4.74 Å². The molecule has 1 aromatic rings. The van der Waals surface area contributed by atoms with Crippen molar-refractivity contribution in [2.75, 3.05) is 45.3 Å². The van der Waals surface area contributed by atoms with Crippen molar-refractivity contribution in [3.05, 3.63) is 29.8 Å². The number of nitrogens with zero attached hydrogens (tertiary/aromatic N) is 1. The molecule has 1 aromatic carbocycles. The van der Waals surface area contributed by atoms with E-state index in [2.05, 4.69) is 49.4 Å². The van der Waals surface area contributed by atoms with E-state index in [0.717, 1.165) is 36.8 Å². The first-order valence-electron chi connectivity index (χ1n) is 7.86. The lowest BCUT2D eigenvalue weighted by Gasteiger charge is -2.22. The molecule has 3 nitrogen and oxygen atoms in total. The summed E-state index contributed by atoms with van der Waals surface area (Å²) in [4.78, 5) is 2.23. The minimum atomic E-state index is 0.361. The molecule has 0 spiro atoms. The molecule has 0 amide bonds. The molecule has 0 heterocycles. The molecule has 0 saturated heterocycles. The molecule has 1 unspecified atom stereocenters. The van der Waals surface area contributed by atoms with Crippen LogP contribution in [0.3, 0.4) is 0 Å². The van der Waals surface area contributed by atoms with Gasteiger partial charge in [0.05, 0.1) is 6.61 Å². The van der Waals surface area contributed by atoms with Crippen molar-refractivity contribution in [1.82, 2.24) is 10.2 Å². The number of thioether (sulfide) groups is 1. The topological polar surface area (TPSA) is 24.5 Å². The minimum absolute atomic E-state index is 0.361. The smallest absolute Gasteiger partial charge is 0.124 e. The van der Waals surface area contributed by atoms with Gasteiger partial charge in [-0.15, -0.1) is 0 Å². The van der Waals surface area contributed by atoms with Crippen molar-refractivity contribution in [3.63, 3.8) is 0 Å². The summed E-state index contributed by atoms with van der Waals surface area (Å²) >= 11 is 2.00. The van der Waals surface area contributed by atoms with Crippen LogP contribution in [0, 0.1) is 0 Å². The molecule has 0 radical (unpaired) electrons. The summed E-state index contributed by atoms with van der Waals surface area (Å²) in [6.07, 6.45) is 1.15. The summed E-state index contributed by atoms with van der Waals surface area (Å²) in [5, 5.41) is 3.66. The van der Waals surface area contributed by atoms with Gasteiger partial charge in [-0.05, 0) is 40.1 Å². The molecule has 0 aliphatic heterocycles. The van der Waals surface area contributed by atoms with Gasteiger partial charge in [-0.1, -0.05) is 25.1 Å². The summed E-state index contributed by atoms with van der Waals surface area (Å²) in [6.45, 7) is 7.12. The van der Waals surface area contributed by atoms with Crippen molar-refractivity contribution in [2.45, 2.75) is 26.3 Å². The summed E-state index contributed by atoms with van der Waals surface area (Å²) in [6, 6.07) is 8.77. The lowest BCUT2D eigenvalue weighted by molar-refractivity contribution is 0.332. The van der Waals surface area contributed by atoms with E-state index in [0.29, 0.717) is 12.6 Å². The van der Waals surface area contributed by atoms with Crippen molar-refractivity contribution in [3.8, 4) is 5.75 Å². The number of hydrogen-bond acceptors (Lipinski definition) is 4. The van der Waals surface area contributed by atoms with E-state index in [9.17, 15) is 0 Å². The normalized spacial score (nSPS) is 12.6. The van der Waals surface area contributed by atoms with E-state index in [1.807, 2.05) is 24.8 Å². The van der Waals surface area contributed by atoms with Crippen LogP contribution in [0.4, 0.5) is 0 Å². The van der Waals surface area contributed by atoms with Crippen LogP contribution < -0.4 is 10.1 Å². The van der Waals surface area contributed by atoms with Crippen molar-refractivity contribution < 1.29 is 4.74 Å². The molecule has 4 heteroatoms. The van der Waals surface area contributed by atoms with Crippen LogP contribution in [0.15, 0.2) is 24.3 Å². The molecule has 0 bridgehead atoms. The molecule has 0 saturated carbocycles. The zero-order valence-electron chi connectivity index (χ0n) is 13.9. The largest absolute Gasteiger partial charge is 0.494 e. The molecular weight excluding hydrogens is 280 g/mol.